The van der Waals surface area contributed by atoms with E-state index in [-0.39, 0.29) is 23.0 Å². The van der Waals surface area contributed by atoms with E-state index in [0.29, 0.717) is 22.7 Å². The van der Waals surface area contributed by atoms with Gasteiger partial charge in [0.15, 0.2) is 0 Å². The average Bonchev–Trinajstić information content (AvgIpc) is 3.17. The molecule has 1 fully saturated rings. The fraction of sp³-hybridized carbons (Fsp3) is 0.167. The summed E-state index contributed by atoms with van der Waals surface area (Å²) >= 11 is 7.76. The van der Waals surface area contributed by atoms with E-state index >= 15 is 0 Å². The van der Waals surface area contributed by atoms with Crippen molar-refractivity contribution in [1.82, 2.24) is 0 Å². The maximum absolute atomic E-state index is 14.1. The zero-order chi connectivity index (χ0) is 22.0. The van der Waals surface area contributed by atoms with Crippen LogP contribution < -0.4 is 10.2 Å². The molecule has 0 aromatic heterocycles. The van der Waals surface area contributed by atoms with E-state index in [1.807, 2.05) is 30.3 Å². The highest BCUT2D eigenvalue weighted by Gasteiger charge is 2.34. The first-order valence-electron chi connectivity index (χ1n) is 9.73. The van der Waals surface area contributed by atoms with Crippen LogP contribution in [0.3, 0.4) is 0 Å². The Kier molecular flexibility index (Phi) is 6.30. The van der Waals surface area contributed by atoms with Gasteiger partial charge in [-0.05, 0) is 47.9 Å². The Morgan fingerprint density at radius 3 is 2.52 bits per heavy atom. The molecule has 2 atom stereocenters. The van der Waals surface area contributed by atoms with E-state index in [1.54, 1.807) is 48.2 Å². The average molecular weight is 455 g/mol. The van der Waals surface area contributed by atoms with Crippen LogP contribution in [0.25, 0.3) is 0 Å². The molecule has 0 radical (unpaired) electrons. The third-order valence-electron chi connectivity index (χ3n) is 5.09. The summed E-state index contributed by atoms with van der Waals surface area (Å²) in [6, 6.07) is 21.2. The molecule has 2 amide bonds. The molecule has 0 aliphatic carbocycles. The van der Waals surface area contributed by atoms with E-state index in [9.17, 15) is 14.0 Å². The van der Waals surface area contributed by atoms with Gasteiger partial charge in [-0.2, -0.15) is 0 Å². The summed E-state index contributed by atoms with van der Waals surface area (Å²) in [5.74, 6) is -0.400. The summed E-state index contributed by atoms with van der Waals surface area (Å²) in [5.41, 5.74) is 3.29. The van der Waals surface area contributed by atoms with Crippen LogP contribution in [0.5, 0.6) is 0 Å². The number of anilines is 2. The number of hydrogen-bond donors (Lipinski definition) is 1. The van der Waals surface area contributed by atoms with Gasteiger partial charge in [0.25, 0.3) is 0 Å². The van der Waals surface area contributed by atoms with Crippen molar-refractivity contribution < 1.29 is 14.0 Å². The number of alkyl halides is 1. The van der Waals surface area contributed by atoms with Crippen molar-refractivity contribution in [3.63, 3.8) is 0 Å². The first-order valence-corrected chi connectivity index (χ1v) is 11.2. The highest BCUT2D eigenvalue weighted by atomic mass is 35.5. The second kappa shape index (κ2) is 9.12. The van der Waals surface area contributed by atoms with Gasteiger partial charge in [-0.15, -0.1) is 23.4 Å². The zero-order valence-electron chi connectivity index (χ0n) is 16.7. The second-order valence-electron chi connectivity index (χ2n) is 7.25. The molecule has 0 spiro atoms. The number of carbonyl (C=O) groups excluding carboxylic acids is 2. The molecule has 1 heterocycles. The van der Waals surface area contributed by atoms with Gasteiger partial charge in [-0.25, -0.2) is 4.39 Å². The SMILES string of the molecule is Cc1ccc(N2C(=O)CSC2c2ccc(NC(=O)C(Cl)c3ccccc3)cc2)cc1F. The van der Waals surface area contributed by atoms with E-state index in [0.717, 1.165) is 11.1 Å². The van der Waals surface area contributed by atoms with Crippen molar-refractivity contribution in [2.75, 3.05) is 16.0 Å². The van der Waals surface area contributed by atoms with Crippen LogP contribution in [0.15, 0.2) is 72.8 Å². The lowest BCUT2D eigenvalue weighted by Crippen LogP contribution is -2.28. The highest BCUT2D eigenvalue weighted by Crippen LogP contribution is 2.42. The van der Waals surface area contributed by atoms with E-state index in [2.05, 4.69) is 5.32 Å². The Bertz CT molecular complexity index is 1110. The number of halogens is 2. The highest BCUT2D eigenvalue weighted by molar-refractivity contribution is 8.00. The molecule has 1 saturated heterocycles. The third kappa shape index (κ3) is 4.60. The van der Waals surface area contributed by atoms with Gasteiger partial charge in [0.2, 0.25) is 11.8 Å². The van der Waals surface area contributed by atoms with Crippen LogP contribution in [-0.2, 0) is 9.59 Å². The minimum Gasteiger partial charge on any atom is -0.325 e. The Labute approximate surface area is 189 Å². The lowest BCUT2D eigenvalue weighted by atomic mass is 10.1. The van der Waals surface area contributed by atoms with Gasteiger partial charge in [0, 0.05) is 11.4 Å². The van der Waals surface area contributed by atoms with Crippen molar-refractivity contribution in [3.8, 4) is 0 Å². The molecule has 1 aliphatic heterocycles. The lowest BCUT2D eigenvalue weighted by Gasteiger charge is -2.25. The normalized spacial score (nSPS) is 16.9. The van der Waals surface area contributed by atoms with E-state index in [1.165, 1.54) is 17.8 Å². The predicted octanol–water partition coefficient (Wildman–Crippen LogP) is 5.83. The maximum Gasteiger partial charge on any atom is 0.246 e. The number of benzene rings is 3. The van der Waals surface area contributed by atoms with Crippen LogP contribution in [0.4, 0.5) is 15.8 Å². The van der Waals surface area contributed by atoms with E-state index < -0.39 is 5.38 Å². The number of rotatable bonds is 5. The molecule has 4 rings (SSSR count). The summed E-state index contributed by atoms with van der Waals surface area (Å²) in [4.78, 5) is 26.6. The molecular formula is C24H20ClFN2O2S. The number of nitrogens with zero attached hydrogens (tertiary/aromatic N) is 1. The number of amides is 2. The van der Waals surface area contributed by atoms with Crippen LogP contribution in [0.1, 0.15) is 27.4 Å². The number of nitrogens with one attached hydrogen (secondary N) is 1. The van der Waals surface area contributed by atoms with Crippen molar-refractivity contribution in [2.45, 2.75) is 17.7 Å². The monoisotopic (exact) mass is 454 g/mol. The van der Waals surface area contributed by atoms with Gasteiger partial charge in [-0.3, -0.25) is 14.5 Å². The quantitative estimate of drug-likeness (QED) is 0.493. The minimum absolute atomic E-state index is 0.0662. The number of thioether (sulfide) groups is 1. The van der Waals surface area contributed by atoms with Crippen molar-refractivity contribution in [3.05, 3.63) is 95.3 Å². The van der Waals surface area contributed by atoms with Crippen LogP contribution in [0.2, 0.25) is 0 Å². The molecule has 0 bridgehead atoms. The van der Waals surface area contributed by atoms with Crippen LogP contribution >= 0.6 is 23.4 Å². The predicted molar refractivity (Wildman–Crippen MR) is 124 cm³/mol. The van der Waals surface area contributed by atoms with Crippen LogP contribution in [-0.4, -0.2) is 17.6 Å². The molecule has 31 heavy (non-hydrogen) atoms. The van der Waals surface area contributed by atoms with E-state index in [4.69, 9.17) is 11.6 Å². The molecule has 1 aliphatic rings. The second-order valence-corrected chi connectivity index (χ2v) is 8.75. The van der Waals surface area contributed by atoms with Gasteiger partial charge in [0.1, 0.15) is 16.6 Å². The molecular weight excluding hydrogens is 435 g/mol. The van der Waals surface area contributed by atoms with Gasteiger partial charge in [-0.1, -0.05) is 48.5 Å². The topological polar surface area (TPSA) is 49.4 Å². The first-order chi connectivity index (χ1) is 14.9. The Morgan fingerprint density at radius 2 is 1.84 bits per heavy atom. The smallest absolute Gasteiger partial charge is 0.246 e. The number of aryl methyl sites for hydroxylation is 1. The van der Waals surface area contributed by atoms with Crippen molar-refractivity contribution >= 4 is 46.6 Å². The summed E-state index contributed by atoms with van der Waals surface area (Å²) in [6.07, 6.45) is 0. The zero-order valence-corrected chi connectivity index (χ0v) is 18.3. The van der Waals surface area contributed by atoms with Crippen molar-refractivity contribution in [2.24, 2.45) is 0 Å². The summed E-state index contributed by atoms with van der Waals surface area (Å²) in [7, 11) is 0. The molecule has 3 aromatic rings. The third-order valence-corrected chi connectivity index (χ3v) is 6.75. The summed E-state index contributed by atoms with van der Waals surface area (Å²) in [5, 5.41) is 1.76. The molecule has 3 aromatic carbocycles. The Balaban J connectivity index is 1.50. The molecule has 4 nitrogen and oxygen atoms in total. The molecule has 0 saturated carbocycles. The molecule has 7 heteroatoms. The van der Waals surface area contributed by atoms with Crippen molar-refractivity contribution in [1.29, 1.82) is 0 Å². The van der Waals surface area contributed by atoms with Gasteiger partial charge < -0.3 is 5.32 Å². The standard InChI is InChI=1S/C24H20ClFN2O2S/c1-15-7-12-19(13-20(15)26)28-21(29)14-31-24(28)17-8-10-18(11-9-17)27-23(30)22(25)16-5-3-2-4-6-16/h2-13,22,24H,14H2,1H3,(H,27,30). The van der Waals surface area contributed by atoms with Crippen LogP contribution in [0, 0.1) is 12.7 Å². The minimum atomic E-state index is -0.796. The first kappa shape index (κ1) is 21.4. The summed E-state index contributed by atoms with van der Waals surface area (Å²) in [6.45, 7) is 1.69. The summed E-state index contributed by atoms with van der Waals surface area (Å²) < 4.78 is 14.1. The molecule has 1 N–H and O–H groups in total. The lowest BCUT2D eigenvalue weighted by molar-refractivity contribution is -0.116. The fourth-order valence-corrected chi connectivity index (χ4v) is 4.77. The number of hydrogen-bond acceptors (Lipinski definition) is 3. The number of carbonyl (C=O) groups is 2. The Morgan fingerprint density at radius 1 is 1.13 bits per heavy atom. The van der Waals surface area contributed by atoms with Gasteiger partial charge in [0.05, 0.1) is 5.75 Å². The maximum atomic E-state index is 14.1. The molecule has 158 valence electrons. The fourth-order valence-electron chi connectivity index (χ4n) is 3.39. The largest absolute Gasteiger partial charge is 0.325 e. The van der Waals surface area contributed by atoms with Gasteiger partial charge >= 0.3 is 0 Å². The molecule has 2 unspecified atom stereocenters. The Hall–Kier alpha value is -2.83.